The number of benzene rings is 1. The number of hydrogen-bond acceptors (Lipinski definition) is 3. The molecule has 1 aromatic rings. The molecule has 0 aliphatic heterocycles. The number of rotatable bonds is 4. The molecule has 0 aromatic heterocycles. The molecule has 17 heavy (non-hydrogen) atoms. The lowest BCUT2D eigenvalue weighted by molar-refractivity contribution is 0.157. The van der Waals surface area contributed by atoms with Crippen LogP contribution in [-0.4, -0.2) is 31.2 Å². The fraction of sp³-hybridized carbons (Fsp3) is 0.462. The lowest BCUT2D eigenvalue weighted by atomic mass is 10.2. The Morgan fingerprint density at radius 3 is 2.35 bits per heavy atom. The van der Waals surface area contributed by atoms with Crippen LogP contribution in [0.25, 0.3) is 0 Å². The zero-order valence-corrected chi connectivity index (χ0v) is 10.8. The molecule has 4 nitrogen and oxygen atoms in total. The van der Waals surface area contributed by atoms with Crippen molar-refractivity contribution in [3.63, 3.8) is 0 Å². The van der Waals surface area contributed by atoms with Crippen molar-refractivity contribution in [2.45, 2.75) is 20.8 Å². The van der Waals surface area contributed by atoms with Crippen molar-refractivity contribution in [1.82, 2.24) is 4.90 Å². The normalized spacial score (nSPS) is 9.88. The van der Waals surface area contributed by atoms with Gasteiger partial charge in [0.1, 0.15) is 11.5 Å². The van der Waals surface area contributed by atoms with E-state index >= 15 is 0 Å². The average Bonchev–Trinajstić information content (AvgIpc) is 2.33. The second kappa shape index (κ2) is 6.13. The molecule has 0 fully saturated rings. The van der Waals surface area contributed by atoms with Crippen LogP contribution >= 0.6 is 0 Å². The second-order valence-electron chi connectivity index (χ2n) is 3.62. The zero-order valence-electron chi connectivity index (χ0n) is 10.8. The van der Waals surface area contributed by atoms with Crippen LogP contribution in [0.4, 0.5) is 4.79 Å². The van der Waals surface area contributed by atoms with Gasteiger partial charge in [-0.3, -0.25) is 0 Å². The Hall–Kier alpha value is -1.71. The Morgan fingerprint density at radius 1 is 1.24 bits per heavy atom. The van der Waals surface area contributed by atoms with E-state index in [1.54, 1.807) is 24.1 Å². The highest BCUT2D eigenvalue weighted by molar-refractivity contribution is 5.71. The van der Waals surface area contributed by atoms with Gasteiger partial charge >= 0.3 is 6.09 Å². The molecule has 0 aliphatic rings. The standard InChI is InChI=1S/C13H19NO3/c1-5-14(6-2)13(15)17-12-9-7-8-11(16-4)10(12)3/h7-9H,5-6H2,1-4H3. The predicted octanol–water partition coefficient (Wildman–Crippen LogP) is 2.84. The summed E-state index contributed by atoms with van der Waals surface area (Å²) in [6.07, 6.45) is -0.327. The lowest BCUT2D eigenvalue weighted by Gasteiger charge is -2.19. The Bertz CT molecular complexity index is 386. The molecule has 1 aromatic carbocycles. The van der Waals surface area contributed by atoms with Crippen molar-refractivity contribution < 1.29 is 14.3 Å². The van der Waals surface area contributed by atoms with Gasteiger partial charge in [-0.15, -0.1) is 0 Å². The summed E-state index contributed by atoms with van der Waals surface area (Å²) in [4.78, 5) is 13.4. The van der Waals surface area contributed by atoms with Crippen molar-refractivity contribution in [1.29, 1.82) is 0 Å². The summed E-state index contributed by atoms with van der Waals surface area (Å²) >= 11 is 0. The minimum absolute atomic E-state index is 0.327. The molecule has 0 bridgehead atoms. The van der Waals surface area contributed by atoms with Crippen molar-refractivity contribution in [2.75, 3.05) is 20.2 Å². The molecule has 0 unspecified atom stereocenters. The molecule has 0 radical (unpaired) electrons. The fourth-order valence-electron chi connectivity index (χ4n) is 1.57. The Morgan fingerprint density at radius 2 is 1.82 bits per heavy atom. The van der Waals surface area contributed by atoms with Crippen LogP contribution in [0.5, 0.6) is 11.5 Å². The first-order chi connectivity index (χ1) is 8.13. The largest absolute Gasteiger partial charge is 0.496 e. The van der Waals surface area contributed by atoms with E-state index in [1.165, 1.54) is 0 Å². The predicted molar refractivity (Wildman–Crippen MR) is 66.7 cm³/mol. The monoisotopic (exact) mass is 237 g/mol. The van der Waals surface area contributed by atoms with Crippen LogP contribution in [0.2, 0.25) is 0 Å². The molecule has 94 valence electrons. The third-order valence-corrected chi connectivity index (χ3v) is 2.67. The van der Waals surface area contributed by atoms with Gasteiger partial charge in [0.15, 0.2) is 0 Å². The molecule has 0 saturated heterocycles. The van der Waals surface area contributed by atoms with E-state index in [2.05, 4.69) is 0 Å². The molecule has 0 spiro atoms. The number of methoxy groups -OCH3 is 1. The molecule has 0 saturated carbocycles. The van der Waals surface area contributed by atoms with E-state index in [0.717, 1.165) is 11.3 Å². The highest BCUT2D eigenvalue weighted by Gasteiger charge is 2.14. The van der Waals surface area contributed by atoms with Crippen LogP contribution in [0.1, 0.15) is 19.4 Å². The molecule has 0 aliphatic carbocycles. The van der Waals surface area contributed by atoms with Crippen LogP contribution < -0.4 is 9.47 Å². The van der Waals surface area contributed by atoms with E-state index in [9.17, 15) is 4.79 Å². The van der Waals surface area contributed by atoms with Gasteiger partial charge in [0.05, 0.1) is 7.11 Å². The summed E-state index contributed by atoms with van der Waals surface area (Å²) < 4.78 is 10.5. The first-order valence-corrected chi connectivity index (χ1v) is 5.74. The Balaban J connectivity index is 2.85. The van der Waals surface area contributed by atoms with Gasteiger partial charge in [-0.05, 0) is 32.9 Å². The van der Waals surface area contributed by atoms with Gasteiger partial charge in [-0.25, -0.2) is 4.79 Å². The minimum Gasteiger partial charge on any atom is -0.496 e. The Labute approximate surface area is 102 Å². The van der Waals surface area contributed by atoms with Gasteiger partial charge < -0.3 is 14.4 Å². The van der Waals surface area contributed by atoms with E-state index < -0.39 is 0 Å². The SMILES string of the molecule is CCN(CC)C(=O)Oc1cccc(OC)c1C. The van der Waals surface area contributed by atoms with Crippen molar-refractivity contribution in [3.8, 4) is 11.5 Å². The van der Waals surface area contributed by atoms with Crippen LogP contribution in [0, 0.1) is 6.92 Å². The van der Waals surface area contributed by atoms with Crippen molar-refractivity contribution >= 4 is 6.09 Å². The lowest BCUT2D eigenvalue weighted by Crippen LogP contribution is -2.33. The number of amides is 1. The van der Waals surface area contributed by atoms with Crippen LogP contribution in [0.3, 0.4) is 0 Å². The van der Waals surface area contributed by atoms with Crippen molar-refractivity contribution in [3.05, 3.63) is 23.8 Å². The molecule has 4 heteroatoms. The van der Waals surface area contributed by atoms with Gasteiger partial charge in [0, 0.05) is 18.7 Å². The number of carbonyl (C=O) groups is 1. The summed E-state index contributed by atoms with van der Waals surface area (Å²) in [6.45, 7) is 6.98. The quantitative estimate of drug-likeness (QED) is 0.808. The maximum absolute atomic E-state index is 11.8. The molecule has 1 amide bonds. The first-order valence-electron chi connectivity index (χ1n) is 5.74. The van der Waals surface area contributed by atoms with Gasteiger partial charge in [0.2, 0.25) is 0 Å². The maximum Gasteiger partial charge on any atom is 0.415 e. The number of hydrogen-bond donors (Lipinski definition) is 0. The van der Waals surface area contributed by atoms with E-state index in [0.29, 0.717) is 18.8 Å². The summed E-state index contributed by atoms with van der Waals surface area (Å²) in [5, 5.41) is 0. The molecule has 0 atom stereocenters. The first kappa shape index (κ1) is 13.4. The van der Waals surface area contributed by atoms with E-state index in [1.807, 2.05) is 26.8 Å². The third-order valence-electron chi connectivity index (χ3n) is 2.67. The molecular weight excluding hydrogens is 218 g/mol. The topological polar surface area (TPSA) is 38.8 Å². The number of carbonyl (C=O) groups excluding carboxylic acids is 1. The molecule has 0 heterocycles. The van der Waals surface area contributed by atoms with Gasteiger partial charge in [-0.1, -0.05) is 6.07 Å². The van der Waals surface area contributed by atoms with Gasteiger partial charge in [-0.2, -0.15) is 0 Å². The fourth-order valence-corrected chi connectivity index (χ4v) is 1.57. The number of nitrogens with zero attached hydrogens (tertiary/aromatic N) is 1. The smallest absolute Gasteiger partial charge is 0.415 e. The zero-order chi connectivity index (χ0) is 12.8. The van der Waals surface area contributed by atoms with Crippen LogP contribution in [0.15, 0.2) is 18.2 Å². The highest BCUT2D eigenvalue weighted by atomic mass is 16.6. The number of ether oxygens (including phenoxy) is 2. The molecule has 0 N–H and O–H groups in total. The van der Waals surface area contributed by atoms with E-state index in [-0.39, 0.29) is 6.09 Å². The van der Waals surface area contributed by atoms with Crippen LogP contribution in [-0.2, 0) is 0 Å². The highest BCUT2D eigenvalue weighted by Crippen LogP contribution is 2.27. The van der Waals surface area contributed by atoms with Gasteiger partial charge in [0.25, 0.3) is 0 Å². The summed E-state index contributed by atoms with van der Waals surface area (Å²) in [6, 6.07) is 5.40. The molecular formula is C13H19NO3. The minimum atomic E-state index is -0.327. The van der Waals surface area contributed by atoms with Crippen molar-refractivity contribution in [2.24, 2.45) is 0 Å². The van der Waals surface area contributed by atoms with E-state index in [4.69, 9.17) is 9.47 Å². The maximum atomic E-state index is 11.8. The second-order valence-corrected chi connectivity index (χ2v) is 3.62. The average molecular weight is 237 g/mol. The summed E-state index contributed by atoms with van der Waals surface area (Å²) in [5.74, 6) is 1.26. The summed E-state index contributed by atoms with van der Waals surface area (Å²) in [5.41, 5.74) is 0.829. The molecule has 1 rings (SSSR count). The third kappa shape index (κ3) is 3.12. The summed E-state index contributed by atoms with van der Waals surface area (Å²) in [7, 11) is 1.60. The Kier molecular flexibility index (Phi) is 4.82.